The molecule has 0 heterocycles. The standard InChI is InChI=1S/C10H21N3O4/c1-6(2)7(11)8(14)17-13-12-9(15)16-10(3,4)5/h6-7,13H,11H2,1-5H3,(H,12,15). The van der Waals surface area contributed by atoms with E-state index in [1.54, 1.807) is 34.6 Å². The van der Waals surface area contributed by atoms with Crippen LogP contribution in [0.1, 0.15) is 34.6 Å². The summed E-state index contributed by atoms with van der Waals surface area (Å²) >= 11 is 0. The lowest BCUT2D eigenvalue weighted by Gasteiger charge is -2.20. The smallest absolute Gasteiger partial charge is 0.424 e. The molecule has 1 unspecified atom stereocenters. The number of ether oxygens (including phenoxy) is 1. The van der Waals surface area contributed by atoms with Crippen LogP contribution in [0, 0.1) is 5.92 Å². The van der Waals surface area contributed by atoms with Crippen LogP contribution in [-0.4, -0.2) is 23.7 Å². The first-order chi connectivity index (χ1) is 7.63. The van der Waals surface area contributed by atoms with E-state index in [1.165, 1.54) is 0 Å². The highest BCUT2D eigenvalue weighted by molar-refractivity contribution is 5.75. The molecular weight excluding hydrogens is 226 g/mol. The minimum atomic E-state index is -0.747. The summed E-state index contributed by atoms with van der Waals surface area (Å²) in [7, 11) is 0. The van der Waals surface area contributed by atoms with Crippen LogP contribution in [0.3, 0.4) is 0 Å². The fourth-order valence-electron chi connectivity index (χ4n) is 0.761. The molecule has 0 aliphatic heterocycles. The lowest BCUT2D eigenvalue weighted by molar-refractivity contribution is -0.156. The van der Waals surface area contributed by atoms with Crippen LogP contribution in [-0.2, 0) is 14.4 Å². The van der Waals surface area contributed by atoms with Gasteiger partial charge in [0.2, 0.25) is 0 Å². The normalized spacial score (nSPS) is 13.1. The molecule has 0 saturated heterocycles. The van der Waals surface area contributed by atoms with Crippen molar-refractivity contribution < 1.29 is 19.2 Å². The Kier molecular flexibility index (Phi) is 5.90. The molecule has 7 nitrogen and oxygen atoms in total. The summed E-state index contributed by atoms with van der Waals surface area (Å²) in [6, 6.07) is -0.747. The van der Waals surface area contributed by atoms with Gasteiger partial charge in [0.05, 0.1) is 0 Å². The van der Waals surface area contributed by atoms with Gasteiger partial charge in [-0.25, -0.2) is 15.0 Å². The number of nitrogens with two attached hydrogens (primary N) is 1. The number of nitrogens with one attached hydrogen (secondary N) is 2. The second-order valence-corrected chi connectivity index (χ2v) is 4.92. The van der Waals surface area contributed by atoms with Gasteiger partial charge < -0.3 is 15.3 Å². The number of hydrogen-bond acceptors (Lipinski definition) is 6. The monoisotopic (exact) mass is 247 g/mol. The van der Waals surface area contributed by atoms with Gasteiger partial charge in [-0.2, -0.15) is 0 Å². The van der Waals surface area contributed by atoms with Crippen LogP contribution in [0.15, 0.2) is 0 Å². The van der Waals surface area contributed by atoms with Gasteiger partial charge in [-0.15, -0.1) is 0 Å². The number of amides is 1. The summed E-state index contributed by atoms with van der Waals surface area (Å²) in [4.78, 5) is 26.9. The van der Waals surface area contributed by atoms with Crippen LogP contribution in [0.4, 0.5) is 4.79 Å². The van der Waals surface area contributed by atoms with Gasteiger partial charge in [0.1, 0.15) is 11.6 Å². The molecule has 0 rings (SSSR count). The van der Waals surface area contributed by atoms with Gasteiger partial charge in [0.25, 0.3) is 0 Å². The van der Waals surface area contributed by atoms with Crippen LogP contribution in [0.25, 0.3) is 0 Å². The van der Waals surface area contributed by atoms with Crippen molar-refractivity contribution in [3.63, 3.8) is 0 Å². The largest absolute Gasteiger partial charge is 0.443 e. The first-order valence-electron chi connectivity index (χ1n) is 5.33. The summed E-state index contributed by atoms with van der Waals surface area (Å²) in [5.74, 6) is -0.707. The van der Waals surface area contributed by atoms with Crippen molar-refractivity contribution in [2.24, 2.45) is 11.7 Å². The zero-order chi connectivity index (χ0) is 13.6. The van der Waals surface area contributed by atoms with E-state index in [0.29, 0.717) is 0 Å². The number of hydrogen-bond donors (Lipinski definition) is 3. The minimum absolute atomic E-state index is 0.0502. The number of carbonyl (C=O) groups excluding carboxylic acids is 2. The molecule has 0 aromatic heterocycles. The summed E-state index contributed by atoms with van der Waals surface area (Å²) in [5.41, 5.74) is 8.94. The second kappa shape index (κ2) is 6.41. The molecule has 0 aliphatic carbocycles. The molecule has 17 heavy (non-hydrogen) atoms. The Bertz CT molecular complexity index is 273. The predicted molar refractivity (Wildman–Crippen MR) is 61.4 cm³/mol. The van der Waals surface area contributed by atoms with Crippen molar-refractivity contribution in [1.29, 1.82) is 0 Å². The van der Waals surface area contributed by atoms with E-state index in [9.17, 15) is 9.59 Å². The molecule has 7 heteroatoms. The summed E-state index contributed by atoms with van der Waals surface area (Å²) in [5, 5.41) is 0. The Morgan fingerprint density at radius 1 is 1.24 bits per heavy atom. The van der Waals surface area contributed by atoms with Crippen LogP contribution >= 0.6 is 0 Å². The van der Waals surface area contributed by atoms with E-state index >= 15 is 0 Å². The third-order valence-electron chi connectivity index (χ3n) is 1.69. The zero-order valence-electron chi connectivity index (χ0n) is 10.9. The highest BCUT2D eigenvalue weighted by Gasteiger charge is 2.20. The van der Waals surface area contributed by atoms with Crippen molar-refractivity contribution in [3.05, 3.63) is 0 Å². The third-order valence-corrected chi connectivity index (χ3v) is 1.69. The minimum Gasteiger partial charge on any atom is -0.443 e. The first kappa shape index (κ1) is 15.7. The SMILES string of the molecule is CC(C)C(N)C(=O)ONNC(=O)OC(C)(C)C. The third kappa shape index (κ3) is 7.53. The lowest BCUT2D eigenvalue weighted by Crippen LogP contribution is -2.46. The van der Waals surface area contributed by atoms with Crippen molar-refractivity contribution in [2.45, 2.75) is 46.3 Å². The van der Waals surface area contributed by atoms with E-state index in [0.717, 1.165) is 0 Å². The summed E-state index contributed by atoms with van der Waals surface area (Å²) in [6.07, 6.45) is -0.747. The van der Waals surface area contributed by atoms with E-state index in [1.807, 2.05) is 5.59 Å². The fourth-order valence-corrected chi connectivity index (χ4v) is 0.761. The Hall–Kier alpha value is -1.34. The molecule has 4 N–H and O–H groups in total. The van der Waals surface area contributed by atoms with Gasteiger partial charge in [-0.05, 0) is 26.7 Å². The van der Waals surface area contributed by atoms with Crippen molar-refractivity contribution in [3.8, 4) is 0 Å². The van der Waals surface area contributed by atoms with E-state index < -0.39 is 23.7 Å². The maximum Gasteiger partial charge on any atom is 0.424 e. The molecule has 0 aromatic rings. The number of carbonyl (C=O) groups is 2. The molecule has 1 amide bonds. The number of hydrazine groups is 1. The molecule has 0 radical (unpaired) electrons. The molecule has 0 spiro atoms. The molecule has 0 aromatic carbocycles. The van der Waals surface area contributed by atoms with Gasteiger partial charge in [0.15, 0.2) is 0 Å². The molecular formula is C10H21N3O4. The summed E-state index contributed by atoms with van der Waals surface area (Å²) in [6.45, 7) is 8.72. The van der Waals surface area contributed by atoms with Gasteiger partial charge in [-0.3, -0.25) is 0 Å². The highest BCUT2D eigenvalue weighted by Crippen LogP contribution is 2.05. The molecule has 0 aliphatic rings. The topological polar surface area (TPSA) is 103 Å². The average molecular weight is 247 g/mol. The van der Waals surface area contributed by atoms with E-state index in [2.05, 4.69) is 10.3 Å². The Balaban J connectivity index is 3.85. The second-order valence-electron chi connectivity index (χ2n) is 4.92. The average Bonchev–Trinajstić information content (AvgIpc) is 2.13. The molecule has 0 bridgehead atoms. The number of rotatable bonds is 4. The van der Waals surface area contributed by atoms with Gasteiger partial charge >= 0.3 is 12.1 Å². The van der Waals surface area contributed by atoms with Gasteiger partial charge in [-0.1, -0.05) is 19.4 Å². The Morgan fingerprint density at radius 3 is 2.18 bits per heavy atom. The maximum absolute atomic E-state index is 11.2. The molecule has 100 valence electrons. The van der Waals surface area contributed by atoms with Crippen molar-refractivity contribution in [1.82, 2.24) is 11.0 Å². The fraction of sp³-hybridized carbons (Fsp3) is 0.800. The van der Waals surface area contributed by atoms with Crippen LogP contribution < -0.4 is 16.7 Å². The predicted octanol–water partition coefficient (Wildman–Crippen LogP) is 0.457. The van der Waals surface area contributed by atoms with Crippen LogP contribution in [0.2, 0.25) is 0 Å². The maximum atomic E-state index is 11.2. The molecule has 0 saturated carbocycles. The van der Waals surface area contributed by atoms with E-state index in [-0.39, 0.29) is 5.92 Å². The van der Waals surface area contributed by atoms with Crippen LogP contribution in [0.5, 0.6) is 0 Å². The van der Waals surface area contributed by atoms with E-state index in [4.69, 9.17) is 10.5 Å². The van der Waals surface area contributed by atoms with Gasteiger partial charge in [0, 0.05) is 0 Å². The summed E-state index contributed by atoms with van der Waals surface area (Å²) < 4.78 is 4.89. The quantitative estimate of drug-likeness (QED) is 0.623. The zero-order valence-corrected chi connectivity index (χ0v) is 10.9. The Labute approximate surface area is 101 Å². The first-order valence-corrected chi connectivity index (χ1v) is 5.33. The molecule has 0 fully saturated rings. The molecule has 1 atom stereocenters. The van der Waals surface area contributed by atoms with Crippen molar-refractivity contribution in [2.75, 3.05) is 0 Å². The lowest BCUT2D eigenvalue weighted by atomic mass is 10.1. The van der Waals surface area contributed by atoms with Crippen molar-refractivity contribution >= 4 is 12.1 Å². The highest BCUT2D eigenvalue weighted by atomic mass is 16.7. The Morgan fingerprint density at radius 2 is 1.76 bits per heavy atom.